The van der Waals surface area contributed by atoms with Crippen LogP contribution in [0.3, 0.4) is 0 Å². The van der Waals surface area contributed by atoms with Crippen LogP contribution in [0.4, 0.5) is 4.39 Å². The number of amides is 1. The molecular weight excluding hydrogens is 429 g/mol. The normalized spacial score (nSPS) is 10.8. The van der Waals surface area contributed by atoms with Crippen LogP contribution in [0, 0.1) is 5.82 Å². The van der Waals surface area contributed by atoms with Crippen LogP contribution in [0.1, 0.15) is 27.7 Å². The Morgan fingerprint density at radius 1 is 1.12 bits per heavy atom. The molecule has 0 unspecified atom stereocenters. The Balaban J connectivity index is 1.55. The van der Waals surface area contributed by atoms with Gasteiger partial charge >= 0.3 is 0 Å². The summed E-state index contributed by atoms with van der Waals surface area (Å²) < 4.78 is 25.5. The predicted molar refractivity (Wildman–Crippen MR) is 122 cm³/mol. The summed E-state index contributed by atoms with van der Waals surface area (Å²) >= 11 is 1.63. The fourth-order valence-electron chi connectivity index (χ4n) is 3.39. The molecule has 8 heteroatoms. The number of carbonyl (C=O) groups excluding carboxylic acids is 1. The van der Waals surface area contributed by atoms with Gasteiger partial charge in [0.15, 0.2) is 11.5 Å². The van der Waals surface area contributed by atoms with Gasteiger partial charge < -0.3 is 14.4 Å². The number of fused-ring (bicyclic) bond motifs is 1. The summed E-state index contributed by atoms with van der Waals surface area (Å²) in [6.07, 6.45) is 2.97. The van der Waals surface area contributed by atoms with Gasteiger partial charge in [0.25, 0.3) is 5.91 Å². The maximum atomic E-state index is 14.1. The molecule has 1 amide bonds. The summed E-state index contributed by atoms with van der Waals surface area (Å²) in [5, 5.41) is 2.00. The van der Waals surface area contributed by atoms with Crippen LogP contribution in [0.15, 0.2) is 60.2 Å². The summed E-state index contributed by atoms with van der Waals surface area (Å²) in [4.78, 5) is 24.3. The Labute approximate surface area is 189 Å². The Bertz CT molecular complexity index is 1230. The standard InChI is InChI=1S/C24H22FN3O3S/c1-3-28(24(29)19-12-17(25)13-20-23(19)27-9-8-26-20)14-16-6-7-21(22(11-16)30-2)31-15-18-5-4-10-32-18/h4-13H,3,14-15H2,1-2H3. The van der Waals surface area contributed by atoms with Crippen LogP contribution in [-0.2, 0) is 13.2 Å². The van der Waals surface area contributed by atoms with E-state index in [1.165, 1.54) is 24.5 Å². The Morgan fingerprint density at radius 2 is 1.97 bits per heavy atom. The minimum absolute atomic E-state index is 0.192. The van der Waals surface area contributed by atoms with Gasteiger partial charge in [0.05, 0.1) is 18.2 Å². The van der Waals surface area contributed by atoms with E-state index in [0.717, 1.165) is 10.4 Å². The van der Waals surface area contributed by atoms with Crippen molar-refractivity contribution >= 4 is 28.3 Å². The van der Waals surface area contributed by atoms with Crippen LogP contribution in [0.25, 0.3) is 11.0 Å². The average Bonchev–Trinajstić information content (AvgIpc) is 3.34. The number of nitrogens with zero attached hydrogens (tertiary/aromatic N) is 3. The van der Waals surface area contributed by atoms with Crippen molar-refractivity contribution in [3.05, 3.63) is 82.1 Å². The third-order valence-corrected chi connectivity index (χ3v) is 5.84. The first-order chi connectivity index (χ1) is 15.6. The van der Waals surface area contributed by atoms with Gasteiger partial charge in [-0.25, -0.2) is 4.39 Å². The molecule has 4 rings (SSSR count). The van der Waals surface area contributed by atoms with Gasteiger partial charge in [-0.15, -0.1) is 11.3 Å². The number of benzene rings is 2. The first-order valence-electron chi connectivity index (χ1n) is 10.1. The van der Waals surface area contributed by atoms with Gasteiger partial charge in [-0.3, -0.25) is 14.8 Å². The zero-order valence-electron chi connectivity index (χ0n) is 17.7. The van der Waals surface area contributed by atoms with Gasteiger partial charge in [0, 0.05) is 36.4 Å². The quantitative estimate of drug-likeness (QED) is 0.374. The number of thiophene rings is 1. The van der Waals surface area contributed by atoms with Crippen molar-refractivity contribution in [1.29, 1.82) is 0 Å². The van der Waals surface area contributed by atoms with Crippen molar-refractivity contribution in [2.24, 2.45) is 0 Å². The summed E-state index contributed by atoms with van der Waals surface area (Å²) in [5.41, 5.74) is 1.79. The van der Waals surface area contributed by atoms with Crippen molar-refractivity contribution in [3.8, 4) is 11.5 Å². The lowest BCUT2D eigenvalue weighted by molar-refractivity contribution is 0.0753. The molecule has 0 aliphatic carbocycles. The van der Waals surface area contributed by atoms with E-state index in [2.05, 4.69) is 9.97 Å². The summed E-state index contributed by atoms with van der Waals surface area (Å²) in [7, 11) is 1.58. The number of ether oxygens (including phenoxy) is 2. The number of methoxy groups -OCH3 is 1. The smallest absolute Gasteiger partial charge is 0.256 e. The largest absolute Gasteiger partial charge is 0.493 e. The maximum Gasteiger partial charge on any atom is 0.256 e. The number of hydrogen-bond acceptors (Lipinski definition) is 6. The molecule has 0 atom stereocenters. The van der Waals surface area contributed by atoms with Gasteiger partial charge in [-0.2, -0.15) is 0 Å². The molecule has 0 aliphatic heterocycles. The molecule has 0 aliphatic rings. The minimum atomic E-state index is -0.522. The van der Waals surface area contributed by atoms with Crippen LogP contribution < -0.4 is 9.47 Å². The summed E-state index contributed by atoms with van der Waals surface area (Å²) in [5.74, 6) is 0.385. The van der Waals surface area contributed by atoms with E-state index >= 15 is 0 Å². The van der Waals surface area contributed by atoms with Gasteiger partial charge in [-0.05, 0) is 42.1 Å². The van der Waals surface area contributed by atoms with Crippen LogP contribution >= 0.6 is 11.3 Å². The van der Waals surface area contributed by atoms with E-state index in [1.54, 1.807) is 23.3 Å². The second-order valence-electron chi connectivity index (χ2n) is 7.05. The number of carbonyl (C=O) groups is 1. The average molecular weight is 452 g/mol. The van der Waals surface area contributed by atoms with Crippen molar-refractivity contribution in [2.45, 2.75) is 20.1 Å². The molecule has 6 nitrogen and oxygen atoms in total. The first kappa shape index (κ1) is 21.7. The van der Waals surface area contributed by atoms with Crippen molar-refractivity contribution < 1.29 is 18.7 Å². The molecule has 0 bridgehead atoms. The second kappa shape index (κ2) is 9.74. The zero-order chi connectivity index (χ0) is 22.5. The van der Waals surface area contributed by atoms with Crippen molar-refractivity contribution in [2.75, 3.05) is 13.7 Å². The number of hydrogen-bond donors (Lipinski definition) is 0. The molecule has 0 N–H and O–H groups in total. The molecule has 0 fully saturated rings. The zero-order valence-corrected chi connectivity index (χ0v) is 18.6. The topological polar surface area (TPSA) is 64.6 Å². The lowest BCUT2D eigenvalue weighted by atomic mass is 10.1. The molecular formula is C24H22FN3O3S. The molecule has 0 saturated heterocycles. The van der Waals surface area contributed by atoms with Crippen LogP contribution in [0.2, 0.25) is 0 Å². The molecule has 0 spiro atoms. The maximum absolute atomic E-state index is 14.1. The monoisotopic (exact) mass is 451 g/mol. The molecule has 2 heterocycles. The molecule has 2 aromatic carbocycles. The lowest BCUT2D eigenvalue weighted by Crippen LogP contribution is -2.30. The highest BCUT2D eigenvalue weighted by Crippen LogP contribution is 2.30. The van der Waals surface area contributed by atoms with Gasteiger partial charge in [-0.1, -0.05) is 12.1 Å². The first-order valence-corrected chi connectivity index (χ1v) is 11.0. The molecule has 2 aromatic heterocycles. The van der Waals surface area contributed by atoms with E-state index in [0.29, 0.717) is 42.2 Å². The molecule has 4 aromatic rings. The van der Waals surface area contributed by atoms with Gasteiger partial charge in [0.2, 0.25) is 0 Å². The third kappa shape index (κ3) is 4.70. The Kier molecular flexibility index (Phi) is 6.61. The predicted octanol–water partition coefficient (Wildman–Crippen LogP) is 5.08. The lowest BCUT2D eigenvalue weighted by Gasteiger charge is -2.22. The fourth-order valence-corrected chi connectivity index (χ4v) is 4.01. The molecule has 0 radical (unpaired) electrons. The van der Waals surface area contributed by atoms with Crippen LogP contribution in [-0.4, -0.2) is 34.4 Å². The number of halogens is 1. The highest BCUT2D eigenvalue weighted by molar-refractivity contribution is 7.09. The van der Waals surface area contributed by atoms with Crippen molar-refractivity contribution in [1.82, 2.24) is 14.9 Å². The molecule has 32 heavy (non-hydrogen) atoms. The molecule has 0 saturated carbocycles. The Hall–Kier alpha value is -3.52. The summed E-state index contributed by atoms with van der Waals surface area (Å²) in [6, 6.07) is 12.1. The Morgan fingerprint density at radius 3 is 2.72 bits per heavy atom. The number of aromatic nitrogens is 2. The van der Waals surface area contributed by atoms with E-state index in [1.807, 2.05) is 42.6 Å². The highest BCUT2D eigenvalue weighted by atomic mass is 32.1. The highest BCUT2D eigenvalue weighted by Gasteiger charge is 2.20. The van der Waals surface area contributed by atoms with E-state index in [4.69, 9.17) is 9.47 Å². The second-order valence-corrected chi connectivity index (χ2v) is 8.08. The van der Waals surface area contributed by atoms with E-state index in [9.17, 15) is 9.18 Å². The van der Waals surface area contributed by atoms with Crippen LogP contribution in [0.5, 0.6) is 11.5 Å². The van der Waals surface area contributed by atoms with Crippen molar-refractivity contribution in [3.63, 3.8) is 0 Å². The number of rotatable bonds is 8. The summed E-state index contributed by atoms with van der Waals surface area (Å²) in [6.45, 7) is 3.10. The van der Waals surface area contributed by atoms with E-state index in [-0.39, 0.29) is 11.5 Å². The molecule has 164 valence electrons. The fraction of sp³-hybridized carbons (Fsp3) is 0.208. The third-order valence-electron chi connectivity index (χ3n) is 4.99. The van der Waals surface area contributed by atoms with E-state index < -0.39 is 5.82 Å². The van der Waals surface area contributed by atoms with Gasteiger partial charge in [0.1, 0.15) is 17.9 Å². The SMILES string of the molecule is CCN(Cc1ccc(OCc2cccs2)c(OC)c1)C(=O)c1cc(F)cc2nccnc12. The minimum Gasteiger partial charge on any atom is -0.493 e.